The van der Waals surface area contributed by atoms with Gasteiger partial charge in [-0.15, -0.1) is 0 Å². The summed E-state index contributed by atoms with van der Waals surface area (Å²) >= 11 is 0. The molecule has 41 heavy (non-hydrogen) atoms. The quantitative estimate of drug-likeness (QED) is 0.154. The van der Waals surface area contributed by atoms with Gasteiger partial charge >= 0.3 is 0 Å². The van der Waals surface area contributed by atoms with Crippen LogP contribution < -0.4 is 10.2 Å². The van der Waals surface area contributed by atoms with Crippen LogP contribution in [0.15, 0.2) is 57.9 Å². The predicted octanol–water partition coefficient (Wildman–Crippen LogP) is -1.83. The molecular weight excluding hydrogens is 548 g/mol. The fraction of sp³-hybridized carbons (Fsp3) is 0.444. The van der Waals surface area contributed by atoms with E-state index in [1.807, 2.05) is 0 Å². The standard InChI is InChI=1S/C27H30O14/c28-8-17-20(32)21(33)23(35)27(39-17)41-25-18(9-29)40-26(24(36)22(25)34)38-13-5-6-14-16(7-13)37-10-15(19(14)31)11-1-3-12(30)4-2-11/h1-7,10,17-18,20-30,32-36H,8-9H2/t17-,18-,20-,21+,22-,23-,24-,25-,26-,27+/m1/s1. The van der Waals surface area contributed by atoms with Crippen molar-refractivity contribution in [2.24, 2.45) is 0 Å². The largest absolute Gasteiger partial charge is 0.508 e. The van der Waals surface area contributed by atoms with Gasteiger partial charge in [-0.3, -0.25) is 4.79 Å². The third-order valence-electron chi connectivity index (χ3n) is 7.14. The van der Waals surface area contributed by atoms with Crippen molar-refractivity contribution < 1.29 is 64.2 Å². The molecule has 1 aromatic heterocycles. The molecule has 3 heterocycles. The molecule has 0 bridgehead atoms. The van der Waals surface area contributed by atoms with E-state index in [-0.39, 0.29) is 33.5 Å². The maximum absolute atomic E-state index is 13.0. The average molecular weight is 579 g/mol. The van der Waals surface area contributed by atoms with E-state index in [0.29, 0.717) is 5.56 Å². The van der Waals surface area contributed by atoms with Crippen LogP contribution in [0.25, 0.3) is 22.1 Å². The number of hydrogen-bond acceptors (Lipinski definition) is 14. The Morgan fingerprint density at radius 1 is 0.756 bits per heavy atom. The SMILES string of the molecule is O=c1c(-c2ccc(O)cc2)coc2cc(O[C@@H]3O[C@H](CO)[C@@H](O[C@@H]4O[C@H](CO)[C@@H](O)[C@H](O)[C@H]4O)[C@H](O)[C@H]3O)ccc12. The van der Waals surface area contributed by atoms with Crippen LogP contribution in [-0.4, -0.2) is 115 Å². The van der Waals surface area contributed by atoms with Crippen molar-refractivity contribution in [1.82, 2.24) is 0 Å². The number of benzene rings is 2. The van der Waals surface area contributed by atoms with E-state index in [4.69, 9.17) is 23.4 Å². The number of rotatable bonds is 7. The van der Waals surface area contributed by atoms with Gasteiger partial charge in [-0.1, -0.05) is 12.1 Å². The molecule has 0 aliphatic carbocycles. The van der Waals surface area contributed by atoms with Crippen LogP contribution in [-0.2, 0) is 14.2 Å². The molecule has 0 amide bonds. The van der Waals surface area contributed by atoms with Crippen LogP contribution in [0.4, 0.5) is 0 Å². The second-order valence-electron chi connectivity index (χ2n) is 9.81. The lowest BCUT2D eigenvalue weighted by Crippen LogP contribution is -2.65. The highest BCUT2D eigenvalue weighted by Gasteiger charge is 2.51. The van der Waals surface area contributed by atoms with Crippen LogP contribution >= 0.6 is 0 Å². The highest BCUT2D eigenvalue weighted by atomic mass is 16.7. The summed E-state index contributed by atoms with van der Waals surface area (Å²) in [6.45, 7) is -1.43. The van der Waals surface area contributed by atoms with Crippen LogP contribution in [0.2, 0.25) is 0 Å². The van der Waals surface area contributed by atoms with E-state index in [1.165, 1.54) is 36.6 Å². The maximum Gasteiger partial charge on any atom is 0.229 e. The van der Waals surface area contributed by atoms with E-state index >= 15 is 0 Å². The van der Waals surface area contributed by atoms with Crippen molar-refractivity contribution in [3.63, 3.8) is 0 Å². The summed E-state index contributed by atoms with van der Waals surface area (Å²) in [5.74, 6) is 0.146. The van der Waals surface area contributed by atoms with E-state index in [0.717, 1.165) is 0 Å². The van der Waals surface area contributed by atoms with Gasteiger partial charge < -0.3 is 64.2 Å². The summed E-state index contributed by atoms with van der Waals surface area (Å²) in [6, 6.07) is 10.3. The van der Waals surface area contributed by atoms with Crippen molar-refractivity contribution in [2.75, 3.05) is 13.2 Å². The minimum atomic E-state index is -1.78. The fourth-order valence-electron chi connectivity index (χ4n) is 4.81. The summed E-state index contributed by atoms with van der Waals surface area (Å²) in [4.78, 5) is 13.0. The van der Waals surface area contributed by atoms with Crippen LogP contribution in [0.5, 0.6) is 11.5 Å². The minimum Gasteiger partial charge on any atom is -0.508 e. The molecule has 14 heteroatoms. The zero-order valence-electron chi connectivity index (χ0n) is 21.3. The van der Waals surface area contributed by atoms with Gasteiger partial charge in [-0.2, -0.15) is 0 Å². The van der Waals surface area contributed by atoms with Gasteiger partial charge in [0.05, 0.1) is 24.2 Å². The fourth-order valence-corrected chi connectivity index (χ4v) is 4.81. The molecule has 3 aromatic rings. The lowest BCUT2D eigenvalue weighted by Gasteiger charge is -2.45. The number of aliphatic hydroxyl groups is 7. The molecule has 2 fully saturated rings. The van der Waals surface area contributed by atoms with Crippen molar-refractivity contribution in [1.29, 1.82) is 0 Å². The van der Waals surface area contributed by atoms with E-state index in [9.17, 15) is 45.6 Å². The van der Waals surface area contributed by atoms with Crippen LogP contribution in [0.1, 0.15) is 0 Å². The van der Waals surface area contributed by atoms with Crippen LogP contribution in [0.3, 0.4) is 0 Å². The van der Waals surface area contributed by atoms with Gasteiger partial charge in [0.25, 0.3) is 0 Å². The molecule has 0 radical (unpaired) electrons. The minimum absolute atomic E-state index is 0.0492. The smallest absolute Gasteiger partial charge is 0.229 e. The van der Waals surface area contributed by atoms with Crippen molar-refractivity contribution in [3.8, 4) is 22.6 Å². The number of hydrogen-bond donors (Lipinski definition) is 8. The van der Waals surface area contributed by atoms with Crippen molar-refractivity contribution in [3.05, 3.63) is 59.0 Å². The molecule has 222 valence electrons. The number of phenolic OH excluding ortho intramolecular Hbond substituents is 1. The molecule has 10 atom stereocenters. The van der Waals surface area contributed by atoms with Crippen molar-refractivity contribution in [2.45, 2.75) is 61.4 Å². The van der Waals surface area contributed by atoms with Gasteiger partial charge in [-0.05, 0) is 29.8 Å². The first kappa shape index (κ1) is 29.3. The number of phenols is 1. The number of ether oxygens (including phenoxy) is 4. The molecule has 2 aromatic carbocycles. The van der Waals surface area contributed by atoms with Gasteiger partial charge in [0.2, 0.25) is 6.29 Å². The lowest BCUT2D eigenvalue weighted by atomic mass is 9.97. The van der Waals surface area contributed by atoms with Crippen molar-refractivity contribution >= 4 is 11.0 Å². The molecule has 5 rings (SSSR count). The first-order chi connectivity index (χ1) is 19.6. The summed E-state index contributed by atoms with van der Waals surface area (Å²) < 4.78 is 27.8. The van der Waals surface area contributed by atoms with E-state index in [1.54, 1.807) is 12.1 Å². The highest BCUT2D eigenvalue weighted by molar-refractivity contribution is 5.82. The molecule has 2 saturated heterocycles. The second-order valence-corrected chi connectivity index (χ2v) is 9.81. The third-order valence-corrected chi connectivity index (χ3v) is 7.14. The molecule has 0 spiro atoms. The second kappa shape index (κ2) is 12.0. The van der Waals surface area contributed by atoms with Gasteiger partial charge in [-0.25, -0.2) is 0 Å². The Hall–Kier alpha value is -3.15. The zero-order chi connectivity index (χ0) is 29.4. The number of aliphatic hydroxyl groups excluding tert-OH is 7. The zero-order valence-corrected chi connectivity index (χ0v) is 21.3. The van der Waals surface area contributed by atoms with E-state index < -0.39 is 74.6 Å². The van der Waals surface area contributed by atoms with E-state index in [2.05, 4.69) is 0 Å². The average Bonchev–Trinajstić information content (AvgIpc) is 2.97. The Bertz CT molecular complexity index is 1390. The Labute approximate surface area is 231 Å². The first-order valence-electron chi connectivity index (χ1n) is 12.7. The molecule has 0 saturated carbocycles. The summed E-state index contributed by atoms with van der Waals surface area (Å²) in [5.41, 5.74) is 0.642. The Kier molecular flexibility index (Phi) is 8.58. The van der Waals surface area contributed by atoms with Gasteiger partial charge in [0.1, 0.15) is 72.2 Å². The topological polar surface area (TPSA) is 229 Å². The Morgan fingerprint density at radius 2 is 1.41 bits per heavy atom. The van der Waals surface area contributed by atoms with Gasteiger partial charge in [0.15, 0.2) is 11.7 Å². The molecule has 2 aliphatic heterocycles. The third kappa shape index (κ3) is 5.67. The van der Waals surface area contributed by atoms with Crippen LogP contribution in [0, 0.1) is 0 Å². The number of aromatic hydroxyl groups is 1. The Balaban J connectivity index is 1.31. The number of fused-ring (bicyclic) bond motifs is 1. The predicted molar refractivity (Wildman–Crippen MR) is 137 cm³/mol. The molecule has 2 aliphatic rings. The maximum atomic E-state index is 13.0. The molecule has 8 N–H and O–H groups in total. The monoisotopic (exact) mass is 578 g/mol. The highest BCUT2D eigenvalue weighted by Crippen LogP contribution is 2.31. The normalized spacial score (nSPS) is 34.0. The lowest BCUT2D eigenvalue weighted by molar-refractivity contribution is -0.352. The summed E-state index contributed by atoms with van der Waals surface area (Å²) in [6.07, 6.45) is -14.6. The molecule has 0 unspecified atom stereocenters. The first-order valence-corrected chi connectivity index (χ1v) is 12.7. The molecular formula is C27H30O14. The molecule has 14 nitrogen and oxygen atoms in total. The van der Waals surface area contributed by atoms with Gasteiger partial charge in [0, 0.05) is 6.07 Å². The summed E-state index contributed by atoms with van der Waals surface area (Å²) in [5, 5.41) is 80.7. The Morgan fingerprint density at radius 3 is 2.10 bits per heavy atom. The summed E-state index contributed by atoms with van der Waals surface area (Å²) in [7, 11) is 0.